The van der Waals surface area contributed by atoms with E-state index in [9.17, 15) is 32.9 Å². The normalized spacial score (nSPS) is 23.5. The van der Waals surface area contributed by atoms with Crippen molar-refractivity contribution in [2.45, 2.75) is 38.3 Å². The Hall–Kier alpha value is -2.65. The molecule has 0 saturated heterocycles. The van der Waals surface area contributed by atoms with Crippen LogP contribution in [0.25, 0.3) is 0 Å². The monoisotopic (exact) mass is 400 g/mol. The lowest BCUT2D eigenvalue weighted by Crippen LogP contribution is -2.24. The summed E-state index contributed by atoms with van der Waals surface area (Å²) in [6.07, 6.45) is -0.297. The van der Waals surface area contributed by atoms with Crippen LogP contribution in [0.15, 0.2) is 18.2 Å². The van der Waals surface area contributed by atoms with E-state index in [1.165, 1.54) is 6.42 Å². The van der Waals surface area contributed by atoms with E-state index in [1.54, 1.807) is 0 Å². The Kier molecular flexibility index (Phi) is 5.57. The third kappa shape index (κ3) is 4.60. The SMILES string of the molecule is O=C(COC(=O)C[C@H]1C[C@@H]2CC[C@@H]1C2)Nc1ccc([N+](=O)[O-])cc1C(F)(F)F. The maximum absolute atomic E-state index is 13.1. The zero-order valence-corrected chi connectivity index (χ0v) is 14.8. The zero-order valence-electron chi connectivity index (χ0n) is 14.8. The van der Waals surface area contributed by atoms with Crippen LogP contribution in [0.2, 0.25) is 0 Å². The summed E-state index contributed by atoms with van der Waals surface area (Å²) in [4.78, 5) is 33.5. The van der Waals surface area contributed by atoms with Crippen molar-refractivity contribution in [1.29, 1.82) is 0 Å². The molecule has 10 heteroatoms. The fraction of sp³-hybridized carbons (Fsp3) is 0.556. The summed E-state index contributed by atoms with van der Waals surface area (Å²) in [6, 6.07) is 2.00. The molecule has 3 rings (SSSR count). The molecule has 2 fully saturated rings. The smallest absolute Gasteiger partial charge is 0.418 e. The summed E-state index contributed by atoms with van der Waals surface area (Å²) in [5.74, 6) is -0.0660. The van der Waals surface area contributed by atoms with Crippen LogP contribution >= 0.6 is 0 Å². The molecule has 2 aliphatic carbocycles. The predicted molar refractivity (Wildman–Crippen MR) is 91.2 cm³/mol. The van der Waals surface area contributed by atoms with Crippen LogP contribution in [0.1, 0.15) is 37.7 Å². The van der Waals surface area contributed by atoms with Gasteiger partial charge in [0.05, 0.1) is 16.2 Å². The van der Waals surface area contributed by atoms with Crippen molar-refractivity contribution in [3.8, 4) is 0 Å². The third-order valence-electron chi connectivity index (χ3n) is 5.47. The number of rotatable bonds is 6. The summed E-state index contributed by atoms with van der Waals surface area (Å²) in [5.41, 5.74) is -2.72. The number of anilines is 1. The van der Waals surface area contributed by atoms with Gasteiger partial charge in [0.2, 0.25) is 0 Å². The number of hydrogen-bond donors (Lipinski definition) is 1. The first-order valence-electron chi connectivity index (χ1n) is 8.94. The fourth-order valence-corrected chi connectivity index (χ4v) is 4.22. The largest absolute Gasteiger partial charge is 0.456 e. The molecule has 2 saturated carbocycles. The quantitative estimate of drug-likeness (QED) is 0.443. The highest BCUT2D eigenvalue weighted by atomic mass is 19.4. The minimum absolute atomic E-state index is 0.208. The van der Waals surface area contributed by atoms with Gasteiger partial charge in [-0.15, -0.1) is 0 Å². The average Bonchev–Trinajstić information content (AvgIpc) is 3.22. The van der Waals surface area contributed by atoms with Crippen molar-refractivity contribution in [1.82, 2.24) is 0 Å². The van der Waals surface area contributed by atoms with Gasteiger partial charge in [0.25, 0.3) is 11.6 Å². The van der Waals surface area contributed by atoms with E-state index in [0.717, 1.165) is 31.4 Å². The van der Waals surface area contributed by atoms with E-state index in [4.69, 9.17) is 4.74 Å². The second-order valence-electron chi connectivity index (χ2n) is 7.33. The summed E-state index contributed by atoms with van der Waals surface area (Å²) in [6.45, 7) is -0.714. The number of nitro groups is 1. The molecule has 7 nitrogen and oxygen atoms in total. The summed E-state index contributed by atoms with van der Waals surface area (Å²) >= 11 is 0. The maximum Gasteiger partial charge on any atom is 0.418 e. The molecule has 0 heterocycles. The molecule has 1 amide bonds. The van der Waals surface area contributed by atoms with Crippen LogP contribution in [0.5, 0.6) is 0 Å². The number of non-ortho nitro benzene ring substituents is 1. The van der Waals surface area contributed by atoms with Crippen LogP contribution in [0, 0.1) is 27.9 Å². The summed E-state index contributed by atoms with van der Waals surface area (Å²) in [5, 5.41) is 12.7. The molecular formula is C18H19F3N2O5. The predicted octanol–water partition coefficient (Wildman–Crippen LogP) is 3.92. The highest BCUT2D eigenvalue weighted by Gasteiger charge is 2.40. The number of amides is 1. The number of hydrogen-bond acceptors (Lipinski definition) is 5. The van der Waals surface area contributed by atoms with Crippen LogP contribution < -0.4 is 5.32 Å². The van der Waals surface area contributed by atoms with Crippen LogP contribution in [0.4, 0.5) is 24.5 Å². The van der Waals surface area contributed by atoms with Crippen LogP contribution in [-0.4, -0.2) is 23.4 Å². The highest BCUT2D eigenvalue weighted by molar-refractivity contribution is 5.93. The number of ether oxygens (including phenoxy) is 1. The number of carbonyl (C=O) groups is 2. The number of nitrogens with one attached hydrogen (secondary N) is 1. The minimum Gasteiger partial charge on any atom is -0.456 e. The van der Waals surface area contributed by atoms with E-state index >= 15 is 0 Å². The summed E-state index contributed by atoms with van der Waals surface area (Å²) < 4.78 is 44.2. The second kappa shape index (κ2) is 7.76. The molecule has 0 unspecified atom stereocenters. The molecular weight excluding hydrogens is 381 g/mol. The van der Waals surface area contributed by atoms with Gasteiger partial charge in [0.1, 0.15) is 0 Å². The van der Waals surface area contributed by atoms with Crippen molar-refractivity contribution >= 4 is 23.3 Å². The van der Waals surface area contributed by atoms with Gasteiger partial charge in [-0.05, 0) is 43.1 Å². The third-order valence-corrected chi connectivity index (χ3v) is 5.47. The zero-order chi connectivity index (χ0) is 20.5. The Balaban J connectivity index is 1.55. The van der Waals surface area contributed by atoms with Crippen molar-refractivity contribution < 1.29 is 32.4 Å². The lowest BCUT2D eigenvalue weighted by atomic mass is 9.86. The maximum atomic E-state index is 13.1. The summed E-state index contributed by atoms with van der Waals surface area (Å²) in [7, 11) is 0. The number of carbonyl (C=O) groups excluding carboxylic acids is 2. The number of benzene rings is 1. The minimum atomic E-state index is -4.90. The van der Waals surface area contributed by atoms with Crippen LogP contribution in [0.3, 0.4) is 0 Å². The number of alkyl halides is 3. The molecule has 1 aromatic rings. The molecule has 0 radical (unpaired) electrons. The first-order chi connectivity index (χ1) is 13.1. The van der Waals surface area contributed by atoms with Gasteiger partial charge in [0, 0.05) is 18.6 Å². The molecule has 2 bridgehead atoms. The van der Waals surface area contributed by atoms with Gasteiger partial charge in [0.15, 0.2) is 6.61 Å². The Morgan fingerprint density at radius 1 is 1.25 bits per heavy atom. The van der Waals surface area contributed by atoms with E-state index < -0.39 is 46.5 Å². The lowest BCUT2D eigenvalue weighted by molar-refractivity contribution is -0.385. The molecule has 28 heavy (non-hydrogen) atoms. The average molecular weight is 400 g/mol. The van der Waals surface area contributed by atoms with Gasteiger partial charge in [-0.3, -0.25) is 19.7 Å². The number of halogens is 3. The van der Waals surface area contributed by atoms with Crippen molar-refractivity contribution in [2.24, 2.45) is 17.8 Å². The fourth-order valence-electron chi connectivity index (χ4n) is 4.22. The van der Waals surface area contributed by atoms with Gasteiger partial charge < -0.3 is 10.1 Å². The number of nitrogens with zero attached hydrogens (tertiary/aromatic N) is 1. The van der Waals surface area contributed by atoms with E-state index in [2.05, 4.69) is 0 Å². The molecule has 3 atom stereocenters. The molecule has 0 spiro atoms. The highest BCUT2D eigenvalue weighted by Crippen LogP contribution is 2.49. The molecule has 1 aromatic carbocycles. The Morgan fingerprint density at radius 3 is 2.57 bits per heavy atom. The van der Waals surface area contributed by atoms with Crippen LogP contribution in [-0.2, 0) is 20.5 Å². The molecule has 1 N–H and O–H groups in total. The first kappa shape index (κ1) is 20.1. The van der Waals surface area contributed by atoms with Gasteiger partial charge in [-0.2, -0.15) is 13.2 Å². The number of fused-ring (bicyclic) bond motifs is 2. The Bertz CT molecular complexity index is 796. The first-order valence-corrected chi connectivity index (χ1v) is 8.94. The van der Waals surface area contributed by atoms with Crippen molar-refractivity contribution in [3.05, 3.63) is 33.9 Å². The number of nitro benzene ring substituents is 1. The molecule has 152 valence electrons. The second-order valence-corrected chi connectivity index (χ2v) is 7.33. The van der Waals surface area contributed by atoms with Gasteiger partial charge in [-0.25, -0.2) is 0 Å². The van der Waals surface area contributed by atoms with Crippen molar-refractivity contribution in [3.63, 3.8) is 0 Å². The lowest BCUT2D eigenvalue weighted by Gasteiger charge is -2.20. The number of esters is 1. The standard InChI is InChI=1S/C18H19F3N2O5/c19-18(20,21)14-8-13(23(26)27)3-4-15(14)22-16(24)9-28-17(25)7-12-6-10-1-2-11(12)5-10/h3-4,8,10-12H,1-2,5-7,9H2,(H,22,24)/t10-,11-,12-/m1/s1. The molecule has 0 aromatic heterocycles. The Labute approximate surface area is 158 Å². The van der Waals surface area contributed by atoms with Gasteiger partial charge >= 0.3 is 12.1 Å². The Morgan fingerprint density at radius 2 is 2.00 bits per heavy atom. The molecule has 2 aliphatic rings. The van der Waals surface area contributed by atoms with E-state index in [0.29, 0.717) is 17.9 Å². The van der Waals surface area contributed by atoms with E-state index in [-0.39, 0.29) is 12.3 Å². The molecule has 0 aliphatic heterocycles. The van der Waals surface area contributed by atoms with E-state index in [1.807, 2.05) is 5.32 Å². The van der Waals surface area contributed by atoms with Crippen molar-refractivity contribution in [2.75, 3.05) is 11.9 Å². The topological polar surface area (TPSA) is 98.5 Å². The van der Waals surface area contributed by atoms with Gasteiger partial charge in [-0.1, -0.05) is 6.42 Å².